The summed E-state index contributed by atoms with van der Waals surface area (Å²) in [5.74, 6) is -0.169. The summed E-state index contributed by atoms with van der Waals surface area (Å²) >= 11 is 11.8. The highest BCUT2D eigenvalue weighted by Gasteiger charge is 2.33. The molecule has 0 N–H and O–H groups in total. The zero-order valence-corrected chi connectivity index (χ0v) is 17.1. The van der Waals surface area contributed by atoms with Crippen LogP contribution in [0.2, 0.25) is 10.3 Å². The Balaban J connectivity index is 1.62. The van der Waals surface area contributed by atoms with Gasteiger partial charge in [-0.1, -0.05) is 11.6 Å². The maximum absolute atomic E-state index is 12.1. The van der Waals surface area contributed by atoms with Crippen LogP contribution < -0.4 is 4.74 Å². The highest BCUT2D eigenvalue weighted by molar-refractivity contribution is 6.31. The normalized spacial score (nSPS) is 16.8. The molecule has 2 aromatic heterocycles. The minimum atomic E-state index is -0.676. The van der Waals surface area contributed by atoms with E-state index in [1.165, 1.54) is 10.9 Å². The van der Waals surface area contributed by atoms with Crippen LogP contribution in [-0.4, -0.2) is 50.3 Å². The second kappa shape index (κ2) is 9.47. The largest absolute Gasteiger partial charge is 0.472 e. The van der Waals surface area contributed by atoms with Crippen molar-refractivity contribution in [2.24, 2.45) is 0 Å². The highest BCUT2D eigenvalue weighted by atomic mass is 35.5. The summed E-state index contributed by atoms with van der Waals surface area (Å²) in [5, 5.41) is 16.2. The summed E-state index contributed by atoms with van der Waals surface area (Å²) in [7, 11) is 0. The number of hydrogen-bond acceptors (Lipinski definition) is 8. The zero-order chi connectivity index (χ0) is 21.0. The van der Waals surface area contributed by atoms with Crippen LogP contribution in [0.5, 0.6) is 5.88 Å². The molecular weight excluding hydrogens is 425 g/mol. The third kappa shape index (κ3) is 5.01. The molecule has 0 amide bonds. The fourth-order valence-corrected chi connectivity index (χ4v) is 3.38. The Bertz CT molecular complexity index is 920. The van der Waals surface area contributed by atoms with E-state index in [9.17, 15) is 14.9 Å². The molecule has 10 nitrogen and oxygen atoms in total. The van der Waals surface area contributed by atoms with Crippen molar-refractivity contribution in [3.63, 3.8) is 0 Å². The van der Waals surface area contributed by atoms with Gasteiger partial charge in [-0.05, 0) is 37.8 Å². The fraction of sp³-hybridized carbons (Fsp3) is 0.529. The lowest BCUT2D eigenvalue weighted by Crippen LogP contribution is -2.31. The van der Waals surface area contributed by atoms with E-state index in [4.69, 9.17) is 32.7 Å². The number of ether oxygens (including phenoxy) is 2. The maximum Gasteiger partial charge on any atom is 0.352 e. The molecule has 1 aliphatic rings. The molecule has 29 heavy (non-hydrogen) atoms. The molecule has 0 spiro atoms. The Morgan fingerprint density at radius 1 is 1.41 bits per heavy atom. The third-order valence-electron chi connectivity index (χ3n) is 4.54. The molecule has 3 rings (SSSR count). The number of aryl methyl sites for hydroxylation is 1. The average Bonchev–Trinajstić information content (AvgIpc) is 3.01. The number of hydrogen-bond donors (Lipinski definition) is 0. The number of nitrogens with zero attached hydrogens (tertiary/aromatic N) is 5. The first kappa shape index (κ1) is 21.4. The van der Waals surface area contributed by atoms with Crippen molar-refractivity contribution in [1.82, 2.24) is 19.7 Å². The van der Waals surface area contributed by atoms with Crippen LogP contribution in [0.15, 0.2) is 6.20 Å². The van der Waals surface area contributed by atoms with E-state index >= 15 is 0 Å². The molecule has 1 fully saturated rings. The molecule has 1 unspecified atom stereocenters. The van der Waals surface area contributed by atoms with Gasteiger partial charge in [-0.3, -0.25) is 14.9 Å². The van der Waals surface area contributed by atoms with Crippen molar-refractivity contribution in [2.45, 2.75) is 38.6 Å². The highest BCUT2D eigenvalue weighted by Crippen LogP contribution is 2.33. The summed E-state index contributed by atoms with van der Waals surface area (Å²) in [6, 6.07) is -0.676. The SMILES string of the molecule is Cc1c([N+](=O)[O-])c(OCCCCc2nc(Cl)ncc2Cl)nn1C1COCCC1=O. The van der Waals surface area contributed by atoms with Gasteiger partial charge in [-0.2, -0.15) is 0 Å². The van der Waals surface area contributed by atoms with E-state index in [1.807, 2.05) is 0 Å². The van der Waals surface area contributed by atoms with Crippen LogP contribution in [0.1, 0.15) is 36.7 Å². The number of aromatic nitrogens is 4. The second-order valence-corrected chi connectivity index (χ2v) is 7.23. The number of nitro groups is 1. The molecule has 1 saturated heterocycles. The molecular formula is C17H19Cl2N5O5. The lowest BCUT2D eigenvalue weighted by molar-refractivity contribution is -0.386. The van der Waals surface area contributed by atoms with Gasteiger partial charge in [0.25, 0.3) is 0 Å². The molecule has 1 aliphatic heterocycles. The van der Waals surface area contributed by atoms with Crippen molar-refractivity contribution in [2.75, 3.05) is 19.8 Å². The van der Waals surface area contributed by atoms with E-state index in [1.54, 1.807) is 6.92 Å². The smallest absolute Gasteiger partial charge is 0.352 e. The molecule has 0 bridgehead atoms. The van der Waals surface area contributed by atoms with Crippen LogP contribution in [0.25, 0.3) is 0 Å². The predicted octanol–water partition coefficient (Wildman–Crippen LogP) is 3.13. The monoisotopic (exact) mass is 443 g/mol. The first-order valence-electron chi connectivity index (χ1n) is 9.02. The number of halogens is 2. The van der Waals surface area contributed by atoms with Crippen molar-refractivity contribution < 1.29 is 19.2 Å². The van der Waals surface area contributed by atoms with Crippen LogP contribution in [0.4, 0.5) is 5.69 Å². The number of Topliss-reactive ketones (excluding diaryl/α,β-unsaturated/α-hetero) is 1. The van der Waals surface area contributed by atoms with Gasteiger partial charge in [0, 0.05) is 6.42 Å². The van der Waals surface area contributed by atoms with Crippen molar-refractivity contribution in [1.29, 1.82) is 0 Å². The van der Waals surface area contributed by atoms with Gasteiger partial charge in [0.05, 0.1) is 41.7 Å². The third-order valence-corrected chi connectivity index (χ3v) is 5.04. The Hall–Kier alpha value is -2.30. The van der Waals surface area contributed by atoms with Gasteiger partial charge in [0.1, 0.15) is 11.7 Å². The molecule has 12 heteroatoms. The molecule has 3 heterocycles. The lowest BCUT2D eigenvalue weighted by atomic mass is 10.1. The van der Waals surface area contributed by atoms with Gasteiger partial charge in [0.15, 0.2) is 5.78 Å². The van der Waals surface area contributed by atoms with E-state index < -0.39 is 11.0 Å². The minimum Gasteiger partial charge on any atom is -0.472 e. The molecule has 0 radical (unpaired) electrons. The fourth-order valence-electron chi connectivity index (χ4n) is 3.05. The van der Waals surface area contributed by atoms with E-state index in [2.05, 4.69) is 15.1 Å². The topological polar surface area (TPSA) is 122 Å². The molecule has 0 aromatic carbocycles. The summed E-state index contributed by atoms with van der Waals surface area (Å²) in [6.45, 7) is 2.24. The van der Waals surface area contributed by atoms with Gasteiger partial charge < -0.3 is 9.47 Å². The zero-order valence-electron chi connectivity index (χ0n) is 15.6. The molecule has 2 aromatic rings. The van der Waals surface area contributed by atoms with Gasteiger partial charge in [-0.25, -0.2) is 14.6 Å². The number of rotatable bonds is 8. The van der Waals surface area contributed by atoms with E-state index in [0.29, 0.717) is 36.6 Å². The number of carbonyl (C=O) groups excluding carboxylic acids is 1. The van der Waals surface area contributed by atoms with E-state index in [0.717, 1.165) is 0 Å². The molecule has 1 atom stereocenters. The standard InChI is InChI=1S/C17H19Cl2N5O5/c1-10-15(24(26)27)16(22-23(10)13-9-28-7-5-14(13)25)29-6-3-2-4-12-11(18)8-20-17(19)21-12/h8,13H,2-7,9H2,1H3. The van der Waals surface area contributed by atoms with Gasteiger partial charge in [-0.15, -0.1) is 5.10 Å². The number of ketones is 1. The van der Waals surface area contributed by atoms with Crippen LogP contribution >= 0.6 is 23.2 Å². The summed E-state index contributed by atoms with van der Waals surface area (Å²) in [4.78, 5) is 30.9. The summed E-state index contributed by atoms with van der Waals surface area (Å²) in [6.07, 6.45) is 3.53. The van der Waals surface area contributed by atoms with Crippen molar-refractivity contribution in [3.05, 3.63) is 38.0 Å². The average molecular weight is 444 g/mol. The van der Waals surface area contributed by atoms with Crippen molar-refractivity contribution in [3.8, 4) is 5.88 Å². The minimum absolute atomic E-state index is 0.0660. The molecule has 0 saturated carbocycles. The Kier molecular flexibility index (Phi) is 6.99. The number of carbonyl (C=O) groups is 1. The Labute approximate surface area is 176 Å². The Morgan fingerprint density at radius 3 is 2.93 bits per heavy atom. The van der Waals surface area contributed by atoms with Gasteiger partial charge in [0.2, 0.25) is 5.28 Å². The van der Waals surface area contributed by atoms with Crippen LogP contribution in [-0.2, 0) is 16.0 Å². The van der Waals surface area contributed by atoms with Crippen molar-refractivity contribution >= 4 is 34.7 Å². The molecule has 0 aliphatic carbocycles. The predicted molar refractivity (Wildman–Crippen MR) is 104 cm³/mol. The van der Waals surface area contributed by atoms with E-state index in [-0.39, 0.29) is 48.0 Å². The first-order chi connectivity index (χ1) is 13.9. The molecule has 156 valence electrons. The maximum atomic E-state index is 12.1. The van der Waals surface area contributed by atoms with Crippen LogP contribution in [0, 0.1) is 17.0 Å². The quantitative estimate of drug-likeness (QED) is 0.263. The van der Waals surface area contributed by atoms with Gasteiger partial charge >= 0.3 is 11.6 Å². The first-order valence-corrected chi connectivity index (χ1v) is 9.77. The summed E-state index contributed by atoms with van der Waals surface area (Å²) in [5.41, 5.74) is 0.652. The Morgan fingerprint density at radius 2 is 2.21 bits per heavy atom. The van der Waals surface area contributed by atoms with Crippen LogP contribution in [0.3, 0.4) is 0 Å². The number of unbranched alkanes of at least 4 members (excludes halogenated alkanes) is 1. The lowest BCUT2D eigenvalue weighted by Gasteiger charge is -2.21. The summed E-state index contributed by atoms with van der Waals surface area (Å²) < 4.78 is 12.2. The second-order valence-electron chi connectivity index (χ2n) is 6.49.